The quantitative estimate of drug-likeness (QED) is 0.745. The minimum absolute atomic E-state index is 0.0791. The van der Waals surface area contributed by atoms with Gasteiger partial charge >= 0.3 is 0 Å². The maximum Gasteiger partial charge on any atom is 0.221 e. The van der Waals surface area contributed by atoms with Crippen LogP contribution in [0, 0.1) is 0 Å². The lowest BCUT2D eigenvalue weighted by molar-refractivity contribution is -0.114. The number of rotatable bonds is 5. The molecule has 2 rings (SSSR count). The molecule has 2 aromatic rings. The normalized spacial score (nSPS) is 12.1. The minimum Gasteiger partial charge on any atom is -0.326 e. The van der Waals surface area contributed by atoms with Gasteiger partial charge in [-0.3, -0.25) is 4.79 Å². The van der Waals surface area contributed by atoms with Gasteiger partial charge in [0.05, 0.1) is 6.54 Å². The molecule has 1 amide bonds. The van der Waals surface area contributed by atoms with Crippen molar-refractivity contribution in [2.24, 2.45) is 0 Å². The first-order valence-corrected chi connectivity index (χ1v) is 5.98. The Morgan fingerprint density at radius 2 is 2.32 bits per heavy atom. The molecular formula is C12H16N6O. The van der Waals surface area contributed by atoms with E-state index < -0.39 is 0 Å². The van der Waals surface area contributed by atoms with Gasteiger partial charge in [-0.1, -0.05) is 17.3 Å². The number of aromatic nitrogens is 4. The third-order valence-electron chi connectivity index (χ3n) is 2.66. The predicted octanol–water partition coefficient (Wildman–Crippen LogP) is 1.01. The van der Waals surface area contributed by atoms with Crippen LogP contribution in [0.25, 0.3) is 0 Å². The van der Waals surface area contributed by atoms with E-state index in [0.29, 0.717) is 12.4 Å². The number of anilines is 1. The van der Waals surface area contributed by atoms with Crippen LogP contribution in [0.3, 0.4) is 0 Å². The van der Waals surface area contributed by atoms with E-state index in [1.54, 1.807) is 0 Å². The van der Waals surface area contributed by atoms with Gasteiger partial charge in [-0.2, -0.15) is 5.21 Å². The summed E-state index contributed by atoms with van der Waals surface area (Å²) in [6, 6.07) is 7.82. The SMILES string of the molecule is CC(=O)Nc1cccc(C(C)NCc2nn[nH]n2)c1. The Hall–Kier alpha value is -2.28. The lowest BCUT2D eigenvalue weighted by Gasteiger charge is -2.14. The second-order valence-corrected chi connectivity index (χ2v) is 4.24. The molecule has 19 heavy (non-hydrogen) atoms. The number of amides is 1. The van der Waals surface area contributed by atoms with Crippen molar-refractivity contribution in [2.75, 3.05) is 5.32 Å². The molecule has 0 saturated heterocycles. The highest BCUT2D eigenvalue weighted by Gasteiger charge is 2.07. The van der Waals surface area contributed by atoms with Crippen LogP contribution in [-0.4, -0.2) is 26.5 Å². The molecule has 1 unspecified atom stereocenters. The van der Waals surface area contributed by atoms with E-state index in [2.05, 4.69) is 31.3 Å². The summed E-state index contributed by atoms with van der Waals surface area (Å²) in [5, 5.41) is 19.7. The van der Waals surface area contributed by atoms with Crippen LogP contribution in [0.5, 0.6) is 0 Å². The van der Waals surface area contributed by atoms with Crippen LogP contribution < -0.4 is 10.6 Å². The second kappa shape index (κ2) is 6.05. The summed E-state index contributed by atoms with van der Waals surface area (Å²) in [5.41, 5.74) is 1.87. The van der Waals surface area contributed by atoms with Crippen molar-refractivity contribution in [1.29, 1.82) is 0 Å². The van der Waals surface area contributed by atoms with Crippen LogP contribution in [0.15, 0.2) is 24.3 Å². The predicted molar refractivity (Wildman–Crippen MR) is 70.2 cm³/mol. The van der Waals surface area contributed by atoms with Crippen molar-refractivity contribution >= 4 is 11.6 Å². The van der Waals surface area contributed by atoms with Gasteiger partial charge in [0.2, 0.25) is 5.91 Å². The molecule has 1 heterocycles. The van der Waals surface area contributed by atoms with Crippen LogP contribution in [0.1, 0.15) is 31.3 Å². The van der Waals surface area contributed by atoms with Gasteiger partial charge in [0, 0.05) is 18.7 Å². The molecule has 0 aliphatic heterocycles. The number of hydrogen-bond donors (Lipinski definition) is 3. The van der Waals surface area contributed by atoms with Crippen LogP contribution in [0.4, 0.5) is 5.69 Å². The van der Waals surface area contributed by atoms with E-state index in [9.17, 15) is 4.79 Å². The summed E-state index contributed by atoms with van der Waals surface area (Å²) >= 11 is 0. The summed E-state index contributed by atoms with van der Waals surface area (Å²) in [5.74, 6) is 0.537. The highest BCUT2D eigenvalue weighted by atomic mass is 16.1. The fourth-order valence-electron chi connectivity index (χ4n) is 1.71. The number of nitrogens with zero attached hydrogens (tertiary/aromatic N) is 3. The summed E-state index contributed by atoms with van der Waals surface area (Å²) in [6.07, 6.45) is 0. The average molecular weight is 260 g/mol. The van der Waals surface area contributed by atoms with Gasteiger partial charge in [0.15, 0.2) is 5.82 Å². The first-order chi connectivity index (χ1) is 9.15. The highest BCUT2D eigenvalue weighted by Crippen LogP contribution is 2.17. The number of hydrogen-bond acceptors (Lipinski definition) is 5. The summed E-state index contributed by atoms with van der Waals surface area (Å²) in [4.78, 5) is 11.0. The molecule has 3 N–H and O–H groups in total. The largest absolute Gasteiger partial charge is 0.326 e. The van der Waals surface area contributed by atoms with Gasteiger partial charge in [-0.25, -0.2) is 0 Å². The number of H-pyrrole nitrogens is 1. The Morgan fingerprint density at radius 3 is 3.00 bits per heavy atom. The lowest BCUT2D eigenvalue weighted by Crippen LogP contribution is -2.19. The number of nitrogens with one attached hydrogen (secondary N) is 3. The zero-order chi connectivity index (χ0) is 13.7. The molecule has 7 heteroatoms. The summed E-state index contributed by atoms with van der Waals surface area (Å²) < 4.78 is 0. The van der Waals surface area contributed by atoms with Crippen molar-refractivity contribution < 1.29 is 4.79 Å². The number of tetrazole rings is 1. The fraction of sp³-hybridized carbons (Fsp3) is 0.333. The maximum atomic E-state index is 11.0. The molecule has 0 spiro atoms. The zero-order valence-electron chi connectivity index (χ0n) is 10.8. The number of carbonyl (C=O) groups is 1. The van der Waals surface area contributed by atoms with E-state index >= 15 is 0 Å². The lowest BCUT2D eigenvalue weighted by atomic mass is 10.1. The molecule has 0 saturated carbocycles. The van der Waals surface area contributed by atoms with Gasteiger partial charge in [0.1, 0.15) is 0 Å². The molecule has 0 radical (unpaired) electrons. The summed E-state index contributed by atoms with van der Waals surface area (Å²) in [7, 11) is 0. The number of benzene rings is 1. The summed E-state index contributed by atoms with van der Waals surface area (Å²) in [6.45, 7) is 4.06. The molecule has 0 bridgehead atoms. The van der Waals surface area contributed by atoms with Crippen molar-refractivity contribution in [3.8, 4) is 0 Å². The standard InChI is InChI=1S/C12H16N6O/c1-8(13-7-12-15-17-18-16-12)10-4-3-5-11(6-10)14-9(2)19/h3-6,8,13H,7H2,1-2H3,(H,14,19)(H,15,16,17,18). The van der Waals surface area contributed by atoms with Crippen molar-refractivity contribution in [3.63, 3.8) is 0 Å². The molecule has 0 fully saturated rings. The van der Waals surface area contributed by atoms with Crippen LogP contribution in [0.2, 0.25) is 0 Å². The second-order valence-electron chi connectivity index (χ2n) is 4.24. The van der Waals surface area contributed by atoms with Gasteiger partial charge in [-0.05, 0) is 24.6 Å². The van der Waals surface area contributed by atoms with Crippen molar-refractivity contribution in [3.05, 3.63) is 35.7 Å². The topological polar surface area (TPSA) is 95.6 Å². The molecular weight excluding hydrogens is 244 g/mol. The number of carbonyl (C=O) groups excluding carboxylic acids is 1. The first-order valence-electron chi connectivity index (χ1n) is 5.98. The third kappa shape index (κ3) is 3.85. The molecule has 0 aliphatic carbocycles. The van der Waals surface area contributed by atoms with E-state index in [-0.39, 0.29) is 11.9 Å². The fourth-order valence-corrected chi connectivity index (χ4v) is 1.71. The van der Waals surface area contributed by atoms with Gasteiger partial charge in [0.25, 0.3) is 0 Å². The third-order valence-corrected chi connectivity index (χ3v) is 2.66. The molecule has 1 aromatic carbocycles. The van der Waals surface area contributed by atoms with Gasteiger partial charge in [-0.15, -0.1) is 10.2 Å². The van der Waals surface area contributed by atoms with E-state index in [0.717, 1.165) is 11.3 Å². The van der Waals surface area contributed by atoms with Gasteiger partial charge < -0.3 is 10.6 Å². The Bertz CT molecular complexity index is 539. The maximum absolute atomic E-state index is 11.0. The highest BCUT2D eigenvalue weighted by molar-refractivity contribution is 5.88. The monoisotopic (exact) mass is 260 g/mol. The van der Waals surface area contributed by atoms with E-state index in [1.165, 1.54) is 6.92 Å². The van der Waals surface area contributed by atoms with E-state index in [4.69, 9.17) is 0 Å². The minimum atomic E-state index is -0.0791. The molecule has 100 valence electrons. The molecule has 0 aliphatic rings. The Labute approximate surface area is 110 Å². The smallest absolute Gasteiger partial charge is 0.221 e. The number of aromatic amines is 1. The Balaban J connectivity index is 1.98. The Kier molecular flexibility index (Phi) is 4.19. The van der Waals surface area contributed by atoms with E-state index in [1.807, 2.05) is 31.2 Å². The van der Waals surface area contributed by atoms with Crippen molar-refractivity contribution in [2.45, 2.75) is 26.4 Å². The molecule has 7 nitrogen and oxygen atoms in total. The van der Waals surface area contributed by atoms with Crippen molar-refractivity contribution in [1.82, 2.24) is 25.9 Å². The molecule has 1 aromatic heterocycles. The average Bonchev–Trinajstić information content (AvgIpc) is 2.88. The van der Waals surface area contributed by atoms with Crippen LogP contribution >= 0.6 is 0 Å². The van der Waals surface area contributed by atoms with Crippen LogP contribution in [-0.2, 0) is 11.3 Å². The molecule has 1 atom stereocenters. The zero-order valence-corrected chi connectivity index (χ0v) is 10.8. The Morgan fingerprint density at radius 1 is 1.47 bits per heavy atom. The first kappa shape index (κ1) is 13.2.